The van der Waals surface area contributed by atoms with Gasteiger partial charge in [0.2, 0.25) is 0 Å². The molecule has 1 aliphatic rings. The zero-order valence-electron chi connectivity index (χ0n) is 15.0. The molecule has 132 valence electrons. The summed E-state index contributed by atoms with van der Waals surface area (Å²) in [6.45, 7) is 7.81. The lowest BCUT2D eigenvalue weighted by Crippen LogP contribution is -2.44. The minimum Gasteiger partial charge on any atom is -0.348 e. The van der Waals surface area contributed by atoms with Gasteiger partial charge in [-0.1, -0.05) is 24.3 Å². The highest BCUT2D eigenvalue weighted by atomic mass is 16.1. The third-order valence-electron chi connectivity index (χ3n) is 4.68. The van der Waals surface area contributed by atoms with Crippen molar-refractivity contribution in [2.75, 3.05) is 33.2 Å². The number of pyridine rings is 1. The van der Waals surface area contributed by atoms with Crippen LogP contribution in [-0.2, 0) is 13.1 Å². The molecule has 5 heteroatoms. The van der Waals surface area contributed by atoms with Crippen molar-refractivity contribution in [1.29, 1.82) is 0 Å². The van der Waals surface area contributed by atoms with Crippen molar-refractivity contribution < 1.29 is 4.79 Å². The molecule has 1 aromatic carbocycles. The summed E-state index contributed by atoms with van der Waals surface area (Å²) in [7, 11) is 2.17. The quantitative estimate of drug-likeness (QED) is 0.907. The first-order chi connectivity index (χ1) is 12.1. The summed E-state index contributed by atoms with van der Waals surface area (Å²) < 4.78 is 0. The van der Waals surface area contributed by atoms with Gasteiger partial charge in [0.15, 0.2) is 0 Å². The Morgan fingerprint density at radius 3 is 2.56 bits per heavy atom. The molecular weight excluding hydrogens is 312 g/mol. The predicted molar refractivity (Wildman–Crippen MR) is 99.4 cm³/mol. The summed E-state index contributed by atoms with van der Waals surface area (Å²) in [4.78, 5) is 21.3. The Morgan fingerprint density at radius 2 is 1.84 bits per heavy atom. The number of hydrogen-bond acceptors (Lipinski definition) is 4. The molecule has 1 amide bonds. The van der Waals surface area contributed by atoms with E-state index < -0.39 is 0 Å². The molecule has 5 nitrogen and oxygen atoms in total. The molecule has 0 aliphatic carbocycles. The van der Waals surface area contributed by atoms with Crippen LogP contribution in [0.4, 0.5) is 0 Å². The standard InChI is InChI=1S/C20H26N4O/c1-16-11-19(13-21-12-16)20(25)22-14-17-5-3-4-6-18(17)15-24-9-7-23(2)8-10-24/h3-6,11-13H,7-10,14-15H2,1-2H3,(H,22,25). The molecule has 1 aromatic heterocycles. The molecule has 0 saturated carbocycles. The van der Waals surface area contributed by atoms with Gasteiger partial charge in [-0.2, -0.15) is 0 Å². The number of aromatic nitrogens is 1. The maximum atomic E-state index is 12.3. The number of benzene rings is 1. The highest BCUT2D eigenvalue weighted by Crippen LogP contribution is 2.13. The van der Waals surface area contributed by atoms with E-state index in [9.17, 15) is 4.79 Å². The van der Waals surface area contributed by atoms with Crippen LogP contribution < -0.4 is 5.32 Å². The molecule has 0 bridgehead atoms. The Balaban J connectivity index is 1.62. The summed E-state index contributed by atoms with van der Waals surface area (Å²) in [5.41, 5.74) is 4.06. The molecule has 0 spiro atoms. The average molecular weight is 338 g/mol. The largest absolute Gasteiger partial charge is 0.348 e. The zero-order chi connectivity index (χ0) is 17.6. The first-order valence-corrected chi connectivity index (χ1v) is 8.79. The van der Waals surface area contributed by atoms with Gasteiger partial charge >= 0.3 is 0 Å². The number of piperazine rings is 1. The minimum absolute atomic E-state index is 0.0781. The zero-order valence-corrected chi connectivity index (χ0v) is 15.0. The van der Waals surface area contributed by atoms with Gasteiger partial charge in [-0.3, -0.25) is 14.7 Å². The van der Waals surface area contributed by atoms with Gasteiger partial charge in [-0.05, 0) is 36.7 Å². The van der Waals surface area contributed by atoms with Gasteiger partial charge in [0.25, 0.3) is 5.91 Å². The first-order valence-electron chi connectivity index (χ1n) is 8.79. The van der Waals surface area contributed by atoms with Gasteiger partial charge < -0.3 is 10.2 Å². The number of nitrogens with one attached hydrogen (secondary N) is 1. The van der Waals surface area contributed by atoms with Crippen LogP contribution in [0.1, 0.15) is 27.0 Å². The van der Waals surface area contributed by atoms with Gasteiger partial charge in [0.1, 0.15) is 0 Å². The van der Waals surface area contributed by atoms with Crippen molar-refractivity contribution in [3.8, 4) is 0 Å². The third kappa shape index (κ3) is 4.87. The van der Waals surface area contributed by atoms with E-state index >= 15 is 0 Å². The highest BCUT2D eigenvalue weighted by Gasteiger charge is 2.15. The van der Waals surface area contributed by atoms with E-state index in [0.29, 0.717) is 12.1 Å². The van der Waals surface area contributed by atoms with Crippen LogP contribution in [0.3, 0.4) is 0 Å². The average Bonchev–Trinajstić information content (AvgIpc) is 2.62. The fraction of sp³-hybridized carbons (Fsp3) is 0.400. The van der Waals surface area contributed by atoms with E-state index in [1.54, 1.807) is 12.4 Å². The molecule has 1 saturated heterocycles. The summed E-state index contributed by atoms with van der Waals surface area (Å²) in [6, 6.07) is 10.2. The molecule has 0 radical (unpaired) electrons. The van der Waals surface area contributed by atoms with Crippen LogP contribution >= 0.6 is 0 Å². The van der Waals surface area contributed by atoms with Crippen LogP contribution in [0.25, 0.3) is 0 Å². The van der Waals surface area contributed by atoms with Crippen LogP contribution in [-0.4, -0.2) is 53.9 Å². The summed E-state index contributed by atoms with van der Waals surface area (Å²) >= 11 is 0. The fourth-order valence-electron chi connectivity index (χ4n) is 3.09. The van der Waals surface area contributed by atoms with Crippen molar-refractivity contribution in [2.45, 2.75) is 20.0 Å². The second-order valence-electron chi connectivity index (χ2n) is 6.78. The predicted octanol–water partition coefficient (Wildman–Crippen LogP) is 2.07. The molecular formula is C20H26N4O. The topological polar surface area (TPSA) is 48.5 Å². The molecule has 3 rings (SSSR count). The SMILES string of the molecule is Cc1cncc(C(=O)NCc2ccccc2CN2CCN(C)CC2)c1. The second kappa shape index (κ2) is 8.23. The van der Waals surface area contributed by atoms with Crippen molar-refractivity contribution >= 4 is 5.91 Å². The maximum Gasteiger partial charge on any atom is 0.253 e. The first kappa shape index (κ1) is 17.6. The number of aryl methyl sites for hydroxylation is 1. The number of likely N-dealkylation sites (N-methyl/N-ethyl adjacent to an activating group) is 1. The van der Waals surface area contributed by atoms with E-state index in [-0.39, 0.29) is 5.91 Å². The molecule has 0 unspecified atom stereocenters. The number of hydrogen-bond donors (Lipinski definition) is 1. The van der Waals surface area contributed by atoms with Crippen molar-refractivity contribution in [2.24, 2.45) is 0 Å². The van der Waals surface area contributed by atoms with Gasteiger partial charge in [-0.15, -0.1) is 0 Å². The fourth-order valence-corrected chi connectivity index (χ4v) is 3.09. The normalized spacial score (nSPS) is 15.9. The highest BCUT2D eigenvalue weighted by molar-refractivity contribution is 5.93. The molecule has 0 atom stereocenters. The van der Waals surface area contributed by atoms with E-state index in [4.69, 9.17) is 0 Å². The Hall–Kier alpha value is -2.24. The number of carbonyl (C=O) groups excluding carboxylic acids is 1. The summed E-state index contributed by atoms with van der Waals surface area (Å²) in [6.07, 6.45) is 3.36. The molecule has 1 fully saturated rings. The lowest BCUT2D eigenvalue weighted by molar-refractivity contribution is 0.0950. The summed E-state index contributed by atoms with van der Waals surface area (Å²) in [5, 5.41) is 3.02. The van der Waals surface area contributed by atoms with Crippen molar-refractivity contribution in [1.82, 2.24) is 20.1 Å². The number of carbonyl (C=O) groups is 1. The molecule has 2 aromatic rings. The molecule has 2 heterocycles. The van der Waals surface area contributed by atoms with Gasteiger partial charge in [-0.25, -0.2) is 0 Å². The lowest BCUT2D eigenvalue weighted by Gasteiger charge is -2.32. The Kier molecular flexibility index (Phi) is 5.79. The van der Waals surface area contributed by atoms with E-state index in [1.807, 2.05) is 19.1 Å². The molecule has 1 aliphatic heterocycles. The van der Waals surface area contributed by atoms with E-state index in [2.05, 4.69) is 45.3 Å². The lowest BCUT2D eigenvalue weighted by atomic mass is 10.1. The number of nitrogens with zero attached hydrogens (tertiary/aromatic N) is 3. The molecule has 25 heavy (non-hydrogen) atoms. The van der Waals surface area contributed by atoms with Gasteiger partial charge in [0, 0.05) is 51.7 Å². The van der Waals surface area contributed by atoms with E-state index in [0.717, 1.165) is 38.3 Å². The maximum absolute atomic E-state index is 12.3. The smallest absolute Gasteiger partial charge is 0.253 e. The summed E-state index contributed by atoms with van der Waals surface area (Å²) in [5.74, 6) is -0.0781. The number of rotatable bonds is 5. The third-order valence-corrected chi connectivity index (χ3v) is 4.68. The Morgan fingerprint density at radius 1 is 1.12 bits per heavy atom. The van der Waals surface area contributed by atoms with Crippen LogP contribution in [0, 0.1) is 6.92 Å². The van der Waals surface area contributed by atoms with Crippen LogP contribution in [0.5, 0.6) is 0 Å². The molecule has 1 N–H and O–H groups in total. The second-order valence-corrected chi connectivity index (χ2v) is 6.78. The Labute approximate surface area is 149 Å². The number of amides is 1. The monoisotopic (exact) mass is 338 g/mol. The van der Waals surface area contributed by atoms with Crippen molar-refractivity contribution in [3.05, 3.63) is 65.0 Å². The van der Waals surface area contributed by atoms with Crippen molar-refractivity contribution in [3.63, 3.8) is 0 Å². The van der Waals surface area contributed by atoms with Gasteiger partial charge in [0.05, 0.1) is 5.56 Å². The van der Waals surface area contributed by atoms with E-state index in [1.165, 1.54) is 11.1 Å². The minimum atomic E-state index is -0.0781. The van der Waals surface area contributed by atoms with Crippen LogP contribution in [0.15, 0.2) is 42.7 Å². The Bertz CT molecular complexity index is 723. The van der Waals surface area contributed by atoms with Crippen LogP contribution in [0.2, 0.25) is 0 Å².